The van der Waals surface area contributed by atoms with Crippen LogP contribution in [0.3, 0.4) is 0 Å². The summed E-state index contributed by atoms with van der Waals surface area (Å²) in [6, 6.07) is 25.0. The molecule has 3 aromatic rings. The minimum Gasteiger partial charge on any atom is -0.374 e. The second kappa shape index (κ2) is 8.68. The molecule has 0 atom stereocenters. The Bertz CT molecular complexity index is 1210. The van der Waals surface area contributed by atoms with Crippen LogP contribution in [0.1, 0.15) is 21.5 Å². The number of hydrogen-bond acceptors (Lipinski definition) is 6. The normalized spacial score (nSPS) is 14.5. The fourth-order valence-electron chi connectivity index (χ4n) is 3.01. The van der Waals surface area contributed by atoms with Crippen LogP contribution in [0.25, 0.3) is 0 Å². The molecule has 0 saturated heterocycles. The van der Waals surface area contributed by atoms with E-state index in [1.54, 1.807) is 36.4 Å². The van der Waals surface area contributed by atoms with Gasteiger partial charge in [-0.15, -0.1) is 0 Å². The molecule has 3 N–H and O–H groups in total. The van der Waals surface area contributed by atoms with Gasteiger partial charge >= 0.3 is 5.91 Å². The molecule has 4 rings (SSSR count). The van der Waals surface area contributed by atoms with Crippen molar-refractivity contribution in [3.8, 4) is 0 Å². The second-order valence-electron chi connectivity index (χ2n) is 6.61. The third kappa shape index (κ3) is 4.24. The smallest absolute Gasteiger partial charge is 0.303 e. The predicted octanol–water partition coefficient (Wildman–Crippen LogP) is 3.18. The average Bonchev–Trinajstić information content (AvgIpc) is 3.15. The molecule has 0 spiro atoms. The Morgan fingerprint density at radius 1 is 0.903 bits per heavy atom. The Balaban J connectivity index is 1.57. The molecule has 31 heavy (non-hydrogen) atoms. The van der Waals surface area contributed by atoms with E-state index in [1.165, 1.54) is 0 Å². The van der Waals surface area contributed by atoms with Gasteiger partial charge in [-0.1, -0.05) is 60.7 Å². The van der Waals surface area contributed by atoms with Crippen LogP contribution in [0.5, 0.6) is 0 Å². The quantitative estimate of drug-likeness (QED) is 0.370. The second-order valence-corrected chi connectivity index (χ2v) is 7.03. The van der Waals surface area contributed by atoms with E-state index >= 15 is 0 Å². The van der Waals surface area contributed by atoms with Crippen LogP contribution in [-0.2, 0) is 4.79 Å². The van der Waals surface area contributed by atoms with Crippen LogP contribution in [0, 0.1) is 0 Å². The number of thiocarbonyl (C=S) groups is 1. The van der Waals surface area contributed by atoms with Gasteiger partial charge < -0.3 is 5.73 Å². The van der Waals surface area contributed by atoms with Crippen molar-refractivity contribution in [2.45, 2.75) is 0 Å². The maximum Gasteiger partial charge on any atom is 0.303 e. The van der Waals surface area contributed by atoms with Crippen LogP contribution in [-0.4, -0.2) is 33.2 Å². The summed E-state index contributed by atoms with van der Waals surface area (Å²) in [5, 5.41) is 9.25. The van der Waals surface area contributed by atoms with E-state index in [0.717, 1.165) is 5.01 Å². The number of benzene rings is 3. The lowest BCUT2D eigenvalue weighted by molar-refractivity contribution is -0.119. The Morgan fingerprint density at radius 2 is 1.48 bits per heavy atom. The van der Waals surface area contributed by atoms with Gasteiger partial charge in [0.2, 0.25) is 0 Å². The van der Waals surface area contributed by atoms with Gasteiger partial charge in [0.25, 0.3) is 0 Å². The lowest BCUT2D eigenvalue weighted by Gasteiger charge is -2.07. The lowest BCUT2D eigenvalue weighted by Crippen LogP contribution is -2.36. The number of nitrogens with two attached hydrogens (primary N) is 1. The van der Waals surface area contributed by atoms with Crippen LogP contribution < -0.4 is 11.2 Å². The highest BCUT2D eigenvalue weighted by Gasteiger charge is 2.34. The summed E-state index contributed by atoms with van der Waals surface area (Å²) in [5.41, 5.74) is 11.4. The number of rotatable bonds is 5. The Labute approximate surface area is 183 Å². The third-order valence-corrected chi connectivity index (χ3v) is 4.73. The van der Waals surface area contributed by atoms with E-state index in [1.807, 2.05) is 48.5 Å². The van der Waals surface area contributed by atoms with Crippen molar-refractivity contribution in [1.29, 1.82) is 0 Å². The van der Waals surface area contributed by atoms with E-state index in [9.17, 15) is 9.59 Å². The van der Waals surface area contributed by atoms with E-state index in [2.05, 4.69) is 15.6 Å². The van der Waals surface area contributed by atoms with Crippen molar-refractivity contribution in [2.24, 2.45) is 15.9 Å². The topological polar surface area (TPSA) is 100 Å². The summed E-state index contributed by atoms with van der Waals surface area (Å²) in [6.07, 6.45) is 0. The highest BCUT2D eigenvalue weighted by molar-refractivity contribution is 7.80. The number of carbonyl (C=O) groups excluding carboxylic acids is 2. The van der Waals surface area contributed by atoms with Crippen LogP contribution in [0.15, 0.2) is 95.1 Å². The number of hydrazone groups is 2. The summed E-state index contributed by atoms with van der Waals surface area (Å²) in [6.45, 7) is 0. The van der Waals surface area contributed by atoms with Crippen LogP contribution in [0.4, 0.5) is 5.69 Å². The maximum atomic E-state index is 12.7. The fourth-order valence-corrected chi connectivity index (χ4v) is 3.13. The molecular weight excluding hydrogens is 410 g/mol. The summed E-state index contributed by atoms with van der Waals surface area (Å²) in [4.78, 5) is 25.2. The largest absolute Gasteiger partial charge is 0.374 e. The highest BCUT2D eigenvalue weighted by Crippen LogP contribution is 2.17. The van der Waals surface area contributed by atoms with Crippen molar-refractivity contribution in [1.82, 2.24) is 5.01 Å². The molecule has 8 heteroatoms. The lowest BCUT2D eigenvalue weighted by atomic mass is 10.0. The first-order chi connectivity index (χ1) is 15.0. The molecule has 1 amide bonds. The fraction of sp³-hybridized carbons (Fsp3) is 0. The summed E-state index contributed by atoms with van der Waals surface area (Å²) >= 11 is 4.91. The Kier molecular flexibility index (Phi) is 5.63. The van der Waals surface area contributed by atoms with Crippen molar-refractivity contribution in [3.05, 3.63) is 102 Å². The zero-order chi connectivity index (χ0) is 21.8. The van der Waals surface area contributed by atoms with Crippen molar-refractivity contribution in [3.63, 3.8) is 0 Å². The number of hydrogen-bond donors (Lipinski definition) is 2. The highest BCUT2D eigenvalue weighted by atomic mass is 32.1. The first kappa shape index (κ1) is 20.1. The predicted molar refractivity (Wildman–Crippen MR) is 124 cm³/mol. The Hall–Kier alpha value is -4.17. The van der Waals surface area contributed by atoms with E-state index in [4.69, 9.17) is 18.0 Å². The van der Waals surface area contributed by atoms with Gasteiger partial charge in [-0.25, -0.2) is 0 Å². The SMILES string of the molecule is NC(=S)N1N=C(c2ccccc2)/C(=N\Nc2ccc(C(=O)c3ccccc3)cc2)C1=O. The molecule has 0 saturated carbocycles. The molecule has 0 unspecified atom stereocenters. The van der Waals surface area contributed by atoms with Gasteiger partial charge in [-0.2, -0.15) is 15.2 Å². The summed E-state index contributed by atoms with van der Waals surface area (Å²) in [5.74, 6) is -0.593. The summed E-state index contributed by atoms with van der Waals surface area (Å²) in [7, 11) is 0. The van der Waals surface area contributed by atoms with E-state index in [0.29, 0.717) is 28.1 Å². The molecule has 3 aromatic carbocycles. The molecule has 1 aliphatic heterocycles. The molecular formula is C23H17N5O2S. The van der Waals surface area contributed by atoms with E-state index < -0.39 is 5.91 Å². The zero-order valence-corrected chi connectivity index (χ0v) is 17.0. The van der Waals surface area contributed by atoms with Gasteiger partial charge in [0.15, 0.2) is 16.6 Å². The molecule has 0 fully saturated rings. The van der Waals surface area contributed by atoms with Crippen molar-refractivity contribution < 1.29 is 9.59 Å². The van der Waals surface area contributed by atoms with Gasteiger partial charge in [0.05, 0.1) is 5.69 Å². The summed E-state index contributed by atoms with van der Waals surface area (Å²) < 4.78 is 0. The number of amides is 1. The standard InChI is InChI=1S/C23H17N5O2S/c24-23(31)28-22(30)20(19(27-28)15-7-3-1-4-8-15)26-25-18-13-11-17(12-14-18)21(29)16-9-5-2-6-10-16/h1-14,25H,(H2,24,31)/b26-20+. The van der Waals surface area contributed by atoms with Gasteiger partial charge in [-0.05, 0) is 36.5 Å². The number of nitrogens with zero attached hydrogens (tertiary/aromatic N) is 3. The maximum absolute atomic E-state index is 12.7. The van der Waals surface area contributed by atoms with Crippen molar-refractivity contribution in [2.75, 3.05) is 5.43 Å². The molecule has 1 heterocycles. The number of ketones is 1. The van der Waals surface area contributed by atoms with Gasteiger partial charge in [0, 0.05) is 16.7 Å². The molecule has 0 aromatic heterocycles. The third-order valence-electron chi connectivity index (χ3n) is 4.56. The molecule has 152 valence electrons. The minimum atomic E-state index is -0.519. The van der Waals surface area contributed by atoms with Crippen LogP contribution in [0.2, 0.25) is 0 Å². The monoisotopic (exact) mass is 427 g/mol. The first-order valence-electron chi connectivity index (χ1n) is 9.36. The number of carbonyl (C=O) groups is 2. The molecule has 0 radical (unpaired) electrons. The molecule has 7 nitrogen and oxygen atoms in total. The van der Waals surface area contributed by atoms with E-state index in [-0.39, 0.29) is 16.6 Å². The molecule has 1 aliphatic rings. The van der Waals surface area contributed by atoms with Crippen molar-refractivity contribution >= 4 is 46.1 Å². The zero-order valence-electron chi connectivity index (χ0n) is 16.2. The first-order valence-corrected chi connectivity index (χ1v) is 9.77. The number of nitrogens with one attached hydrogen (secondary N) is 1. The average molecular weight is 427 g/mol. The molecule has 0 aliphatic carbocycles. The van der Waals surface area contributed by atoms with Gasteiger partial charge in [0.1, 0.15) is 5.71 Å². The molecule has 0 bridgehead atoms. The Morgan fingerprint density at radius 3 is 2.10 bits per heavy atom. The van der Waals surface area contributed by atoms with Gasteiger partial charge in [-0.3, -0.25) is 15.0 Å². The number of anilines is 1. The minimum absolute atomic E-state index is 0.0740. The van der Waals surface area contributed by atoms with Crippen LogP contribution >= 0.6 is 12.2 Å².